The lowest BCUT2D eigenvalue weighted by molar-refractivity contribution is -0.132. The molecule has 2 heterocycles. The first kappa shape index (κ1) is 19.1. The molecule has 1 aliphatic rings. The molecule has 136 valence electrons. The molecule has 1 aromatic rings. The van der Waals surface area contributed by atoms with Crippen LogP contribution in [-0.2, 0) is 9.59 Å². The van der Waals surface area contributed by atoms with Gasteiger partial charge in [0, 0.05) is 51.5 Å². The van der Waals surface area contributed by atoms with Gasteiger partial charge in [0.25, 0.3) is 0 Å². The van der Waals surface area contributed by atoms with Gasteiger partial charge in [-0.1, -0.05) is 6.07 Å². The number of hydrogen-bond donors (Lipinski definition) is 0. The Morgan fingerprint density at radius 2 is 1.96 bits per heavy atom. The first-order valence-electron chi connectivity index (χ1n) is 9.02. The SMILES string of the molecule is CCN(CC)C(=O)CN1CCCN(C(=O)/C=C/c2ccccn2)CC1. The van der Waals surface area contributed by atoms with Crippen molar-refractivity contribution in [2.45, 2.75) is 20.3 Å². The molecule has 6 nitrogen and oxygen atoms in total. The second-order valence-corrected chi connectivity index (χ2v) is 6.11. The average molecular weight is 344 g/mol. The van der Waals surface area contributed by atoms with Gasteiger partial charge in [-0.15, -0.1) is 0 Å². The Labute approximate surface area is 150 Å². The number of rotatable bonds is 6. The van der Waals surface area contributed by atoms with Gasteiger partial charge in [0.2, 0.25) is 11.8 Å². The Bertz CT molecular complexity index is 584. The van der Waals surface area contributed by atoms with Gasteiger partial charge < -0.3 is 9.80 Å². The smallest absolute Gasteiger partial charge is 0.246 e. The zero-order valence-corrected chi connectivity index (χ0v) is 15.2. The largest absolute Gasteiger partial charge is 0.342 e. The second-order valence-electron chi connectivity index (χ2n) is 6.11. The second kappa shape index (κ2) is 9.93. The maximum atomic E-state index is 12.4. The van der Waals surface area contributed by atoms with Crippen LogP contribution in [0.4, 0.5) is 0 Å². The molecule has 0 saturated carbocycles. The lowest BCUT2D eigenvalue weighted by Crippen LogP contribution is -2.41. The molecule has 1 fully saturated rings. The van der Waals surface area contributed by atoms with E-state index in [4.69, 9.17) is 0 Å². The van der Waals surface area contributed by atoms with Crippen molar-refractivity contribution < 1.29 is 9.59 Å². The molecule has 0 unspecified atom stereocenters. The molecule has 0 aliphatic carbocycles. The third-order valence-corrected chi connectivity index (χ3v) is 4.46. The lowest BCUT2D eigenvalue weighted by atomic mass is 10.3. The zero-order chi connectivity index (χ0) is 18.1. The Morgan fingerprint density at radius 3 is 2.64 bits per heavy atom. The number of likely N-dealkylation sites (N-methyl/N-ethyl adjacent to an activating group) is 1. The van der Waals surface area contributed by atoms with Crippen LogP contribution in [0, 0.1) is 0 Å². The molecule has 0 bridgehead atoms. The number of pyridine rings is 1. The fourth-order valence-corrected chi connectivity index (χ4v) is 2.95. The third-order valence-electron chi connectivity index (χ3n) is 4.46. The van der Waals surface area contributed by atoms with E-state index in [2.05, 4.69) is 9.88 Å². The van der Waals surface area contributed by atoms with E-state index in [1.807, 2.05) is 41.8 Å². The van der Waals surface area contributed by atoms with E-state index in [1.165, 1.54) is 0 Å². The van der Waals surface area contributed by atoms with Crippen LogP contribution in [0.15, 0.2) is 30.5 Å². The number of amides is 2. The van der Waals surface area contributed by atoms with Gasteiger partial charge in [-0.3, -0.25) is 19.5 Å². The highest BCUT2D eigenvalue weighted by Gasteiger charge is 2.20. The van der Waals surface area contributed by atoms with Crippen LogP contribution in [0.1, 0.15) is 26.0 Å². The summed E-state index contributed by atoms with van der Waals surface area (Å²) in [5.41, 5.74) is 0.775. The molecule has 0 spiro atoms. The molecule has 1 aliphatic heterocycles. The lowest BCUT2D eigenvalue weighted by Gasteiger charge is -2.25. The third kappa shape index (κ3) is 5.98. The van der Waals surface area contributed by atoms with Crippen molar-refractivity contribution in [3.05, 3.63) is 36.2 Å². The minimum atomic E-state index is 0.00238. The van der Waals surface area contributed by atoms with Gasteiger partial charge in [0.1, 0.15) is 0 Å². The fourth-order valence-electron chi connectivity index (χ4n) is 2.95. The molecule has 25 heavy (non-hydrogen) atoms. The van der Waals surface area contributed by atoms with Gasteiger partial charge in [0.05, 0.1) is 12.2 Å². The minimum absolute atomic E-state index is 0.00238. The van der Waals surface area contributed by atoms with Crippen molar-refractivity contribution in [1.82, 2.24) is 19.7 Å². The molecule has 1 saturated heterocycles. The molecule has 0 atom stereocenters. The van der Waals surface area contributed by atoms with Crippen LogP contribution in [0.5, 0.6) is 0 Å². The van der Waals surface area contributed by atoms with E-state index in [0.29, 0.717) is 13.1 Å². The van der Waals surface area contributed by atoms with Crippen molar-refractivity contribution in [2.24, 2.45) is 0 Å². The summed E-state index contributed by atoms with van der Waals surface area (Å²) >= 11 is 0. The zero-order valence-electron chi connectivity index (χ0n) is 15.2. The molecule has 2 rings (SSSR count). The summed E-state index contributed by atoms with van der Waals surface area (Å²) in [4.78, 5) is 34.6. The van der Waals surface area contributed by atoms with Crippen LogP contribution < -0.4 is 0 Å². The molecule has 0 aromatic carbocycles. The van der Waals surface area contributed by atoms with Gasteiger partial charge in [-0.2, -0.15) is 0 Å². The quantitative estimate of drug-likeness (QED) is 0.734. The monoisotopic (exact) mass is 344 g/mol. The van der Waals surface area contributed by atoms with Crippen molar-refractivity contribution >= 4 is 17.9 Å². The molecular weight excluding hydrogens is 316 g/mol. The number of hydrogen-bond acceptors (Lipinski definition) is 4. The number of nitrogens with zero attached hydrogens (tertiary/aromatic N) is 4. The summed E-state index contributed by atoms with van der Waals surface area (Å²) in [5, 5.41) is 0. The van der Waals surface area contributed by atoms with Crippen LogP contribution in [-0.4, -0.2) is 77.3 Å². The van der Waals surface area contributed by atoms with Crippen molar-refractivity contribution in [3.8, 4) is 0 Å². The topological polar surface area (TPSA) is 56.8 Å². The predicted octanol–water partition coefficient (Wildman–Crippen LogP) is 1.50. The Kier molecular flexibility index (Phi) is 7.60. The minimum Gasteiger partial charge on any atom is -0.342 e. The molecule has 1 aromatic heterocycles. The van der Waals surface area contributed by atoms with E-state index in [1.54, 1.807) is 18.3 Å². The summed E-state index contributed by atoms with van der Waals surface area (Å²) in [5.74, 6) is 0.169. The van der Waals surface area contributed by atoms with Gasteiger partial charge in [-0.05, 0) is 38.5 Å². The van der Waals surface area contributed by atoms with Crippen LogP contribution >= 0.6 is 0 Å². The number of carbonyl (C=O) groups excluding carboxylic acids is 2. The Balaban J connectivity index is 1.85. The Morgan fingerprint density at radius 1 is 1.16 bits per heavy atom. The molecule has 0 radical (unpaired) electrons. The van der Waals surface area contributed by atoms with E-state index < -0.39 is 0 Å². The average Bonchev–Trinajstić information content (AvgIpc) is 2.87. The normalized spacial score (nSPS) is 16.0. The maximum Gasteiger partial charge on any atom is 0.246 e. The highest BCUT2D eigenvalue weighted by Crippen LogP contribution is 2.06. The predicted molar refractivity (Wildman–Crippen MR) is 98.8 cm³/mol. The van der Waals surface area contributed by atoms with Crippen LogP contribution in [0.2, 0.25) is 0 Å². The number of aromatic nitrogens is 1. The van der Waals surface area contributed by atoms with Crippen LogP contribution in [0.25, 0.3) is 6.08 Å². The van der Waals surface area contributed by atoms with E-state index in [9.17, 15) is 9.59 Å². The van der Waals surface area contributed by atoms with E-state index in [-0.39, 0.29) is 11.8 Å². The summed E-state index contributed by atoms with van der Waals surface area (Å²) in [6.45, 7) is 8.87. The maximum absolute atomic E-state index is 12.4. The van der Waals surface area contributed by atoms with E-state index >= 15 is 0 Å². The Hall–Kier alpha value is -2.21. The van der Waals surface area contributed by atoms with Gasteiger partial charge in [0.15, 0.2) is 0 Å². The summed E-state index contributed by atoms with van der Waals surface area (Å²) in [6.07, 6.45) is 5.92. The first-order valence-corrected chi connectivity index (χ1v) is 9.02. The van der Waals surface area contributed by atoms with Crippen molar-refractivity contribution in [1.29, 1.82) is 0 Å². The van der Waals surface area contributed by atoms with Crippen LogP contribution in [0.3, 0.4) is 0 Å². The number of carbonyl (C=O) groups is 2. The summed E-state index contributed by atoms with van der Waals surface area (Å²) < 4.78 is 0. The molecule has 6 heteroatoms. The first-order chi connectivity index (χ1) is 12.1. The summed E-state index contributed by atoms with van der Waals surface area (Å²) in [6, 6.07) is 5.61. The van der Waals surface area contributed by atoms with Crippen molar-refractivity contribution in [2.75, 3.05) is 45.8 Å². The van der Waals surface area contributed by atoms with Gasteiger partial charge >= 0.3 is 0 Å². The highest BCUT2D eigenvalue weighted by molar-refractivity contribution is 5.91. The highest BCUT2D eigenvalue weighted by atomic mass is 16.2. The summed E-state index contributed by atoms with van der Waals surface area (Å²) in [7, 11) is 0. The molecule has 0 N–H and O–H groups in total. The van der Waals surface area contributed by atoms with Crippen molar-refractivity contribution in [3.63, 3.8) is 0 Å². The molecular formula is C19H28N4O2. The van der Waals surface area contributed by atoms with Gasteiger partial charge in [-0.25, -0.2) is 0 Å². The van der Waals surface area contributed by atoms with E-state index in [0.717, 1.165) is 44.8 Å². The molecule has 2 amide bonds. The fraction of sp³-hybridized carbons (Fsp3) is 0.526. The standard InChI is InChI=1S/C19H28N4O2/c1-3-22(4-2)19(25)16-21-12-7-13-23(15-14-21)18(24)10-9-17-8-5-6-11-20-17/h5-6,8-11H,3-4,7,12-16H2,1-2H3/b10-9+.